The van der Waals surface area contributed by atoms with E-state index in [0.29, 0.717) is 13.0 Å². The van der Waals surface area contributed by atoms with Crippen LogP contribution in [-0.2, 0) is 14.3 Å². The van der Waals surface area contributed by atoms with Crippen LogP contribution in [0.2, 0.25) is 0 Å². The molecule has 2 fully saturated rings. The number of fused-ring (bicyclic) bond motifs is 4. The molecule has 34 heavy (non-hydrogen) atoms. The van der Waals surface area contributed by atoms with E-state index in [9.17, 15) is 14.4 Å². The number of carbonyl (C=O) groups excluding carboxylic acids is 2. The van der Waals surface area contributed by atoms with Gasteiger partial charge in [0, 0.05) is 24.9 Å². The molecule has 7 nitrogen and oxygen atoms in total. The van der Waals surface area contributed by atoms with Crippen LogP contribution in [0.15, 0.2) is 48.5 Å². The Balaban J connectivity index is 1.13. The highest BCUT2D eigenvalue weighted by Gasteiger charge is 2.65. The molecule has 4 unspecified atom stereocenters. The van der Waals surface area contributed by atoms with Crippen LogP contribution >= 0.6 is 0 Å². The van der Waals surface area contributed by atoms with Crippen molar-refractivity contribution in [2.75, 3.05) is 13.2 Å². The number of nitrogens with one attached hydrogen (secondary N) is 2. The lowest BCUT2D eigenvalue weighted by Crippen LogP contribution is -2.39. The summed E-state index contributed by atoms with van der Waals surface area (Å²) in [7, 11) is 0. The Morgan fingerprint density at radius 3 is 2.35 bits per heavy atom. The number of aliphatic carboxylic acids is 1. The van der Waals surface area contributed by atoms with Crippen LogP contribution in [0.3, 0.4) is 0 Å². The second-order valence-corrected chi connectivity index (χ2v) is 10.1. The number of ether oxygens (including phenoxy) is 1. The van der Waals surface area contributed by atoms with Crippen molar-refractivity contribution in [1.29, 1.82) is 0 Å². The summed E-state index contributed by atoms with van der Waals surface area (Å²) in [5.41, 5.74) is 4.30. The summed E-state index contributed by atoms with van der Waals surface area (Å²) < 4.78 is 5.65. The van der Waals surface area contributed by atoms with Gasteiger partial charge in [0.15, 0.2) is 0 Å². The number of benzene rings is 2. The van der Waals surface area contributed by atoms with E-state index in [4.69, 9.17) is 9.84 Å². The monoisotopic (exact) mass is 462 g/mol. The minimum absolute atomic E-state index is 0.0139. The number of hydrogen-bond acceptors (Lipinski definition) is 4. The van der Waals surface area contributed by atoms with Crippen LogP contribution in [0, 0.1) is 17.3 Å². The highest BCUT2D eigenvalue weighted by atomic mass is 16.5. The molecule has 2 amide bonds. The number of carboxylic acids is 1. The molecular formula is C27H30N2O5. The van der Waals surface area contributed by atoms with Crippen molar-refractivity contribution in [2.45, 2.75) is 44.6 Å². The maximum atomic E-state index is 12.8. The van der Waals surface area contributed by atoms with Gasteiger partial charge in [0.2, 0.25) is 5.91 Å². The first-order chi connectivity index (χ1) is 16.4. The summed E-state index contributed by atoms with van der Waals surface area (Å²) in [5, 5.41) is 14.8. The maximum Gasteiger partial charge on any atom is 0.407 e. The molecule has 2 aromatic carbocycles. The van der Waals surface area contributed by atoms with Crippen LogP contribution in [0.4, 0.5) is 4.79 Å². The number of rotatable bonds is 8. The lowest BCUT2D eigenvalue weighted by atomic mass is 9.98. The van der Waals surface area contributed by atoms with E-state index in [1.54, 1.807) is 0 Å². The van der Waals surface area contributed by atoms with Gasteiger partial charge in [-0.3, -0.25) is 9.59 Å². The molecule has 0 bridgehead atoms. The predicted molar refractivity (Wildman–Crippen MR) is 126 cm³/mol. The topological polar surface area (TPSA) is 105 Å². The third-order valence-corrected chi connectivity index (χ3v) is 7.66. The predicted octanol–water partition coefficient (Wildman–Crippen LogP) is 3.92. The van der Waals surface area contributed by atoms with E-state index in [2.05, 4.69) is 34.9 Å². The maximum absolute atomic E-state index is 12.8. The van der Waals surface area contributed by atoms with E-state index in [1.807, 2.05) is 31.2 Å². The fourth-order valence-electron chi connectivity index (χ4n) is 5.91. The fourth-order valence-corrected chi connectivity index (χ4v) is 5.91. The molecule has 3 N–H and O–H groups in total. The zero-order valence-corrected chi connectivity index (χ0v) is 19.3. The second kappa shape index (κ2) is 8.78. The molecule has 0 aromatic heterocycles. The van der Waals surface area contributed by atoms with Crippen LogP contribution in [0.1, 0.15) is 49.7 Å². The zero-order chi connectivity index (χ0) is 23.9. The van der Waals surface area contributed by atoms with Crippen molar-refractivity contribution in [3.8, 4) is 11.1 Å². The Morgan fingerprint density at radius 2 is 1.71 bits per heavy atom. The van der Waals surface area contributed by atoms with E-state index in [-0.39, 0.29) is 42.7 Å². The van der Waals surface area contributed by atoms with Gasteiger partial charge < -0.3 is 20.5 Å². The largest absolute Gasteiger partial charge is 0.481 e. The van der Waals surface area contributed by atoms with Gasteiger partial charge in [-0.2, -0.15) is 0 Å². The van der Waals surface area contributed by atoms with Crippen molar-refractivity contribution in [2.24, 2.45) is 17.3 Å². The van der Waals surface area contributed by atoms with Gasteiger partial charge in [-0.05, 0) is 53.4 Å². The molecule has 0 aliphatic heterocycles. The summed E-state index contributed by atoms with van der Waals surface area (Å²) in [6, 6.07) is 16.4. The quantitative estimate of drug-likeness (QED) is 0.552. The molecule has 2 aromatic rings. The lowest BCUT2D eigenvalue weighted by Gasteiger charge is -2.20. The van der Waals surface area contributed by atoms with Crippen LogP contribution < -0.4 is 10.6 Å². The van der Waals surface area contributed by atoms with Crippen LogP contribution in [0.25, 0.3) is 11.1 Å². The van der Waals surface area contributed by atoms with Gasteiger partial charge in [-0.15, -0.1) is 0 Å². The van der Waals surface area contributed by atoms with Gasteiger partial charge in [0.25, 0.3) is 0 Å². The van der Waals surface area contributed by atoms with Crippen molar-refractivity contribution >= 4 is 18.0 Å². The zero-order valence-electron chi connectivity index (χ0n) is 19.3. The van der Waals surface area contributed by atoms with Crippen molar-refractivity contribution in [3.63, 3.8) is 0 Å². The average molecular weight is 463 g/mol. The summed E-state index contributed by atoms with van der Waals surface area (Å²) in [5.74, 6) is -0.726. The third-order valence-electron chi connectivity index (χ3n) is 7.66. The Bertz CT molecular complexity index is 1090. The first-order valence-corrected chi connectivity index (χ1v) is 12.0. The van der Waals surface area contributed by atoms with Gasteiger partial charge in [0.05, 0.1) is 5.41 Å². The van der Waals surface area contributed by atoms with Crippen molar-refractivity contribution < 1.29 is 24.2 Å². The summed E-state index contributed by atoms with van der Waals surface area (Å²) >= 11 is 0. The first kappa shape index (κ1) is 22.4. The highest BCUT2D eigenvalue weighted by molar-refractivity contribution is 5.87. The Labute approximate surface area is 198 Å². The fraction of sp³-hybridized carbons (Fsp3) is 0.444. The molecule has 5 rings (SSSR count). The minimum atomic E-state index is -0.863. The molecule has 0 spiro atoms. The van der Waals surface area contributed by atoms with Crippen LogP contribution in [-0.4, -0.2) is 42.3 Å². The summed E-state index contributed by atoms with van der Waals surface area (Å²) in [6.07, 6.45) is 1.78. The molecule has 4 atom stereocenters. The molecule has 3 aliphatic carbocycles. The third kappa shape index (κ3) is 4.15. The number of hydrogen-bond donors (Lipinski definition) is 3. The van der Waals surface area contributed by atoms with E-state index in [0.717, 1.165) is 12.8 Å². The highest BCUT2D eigenvalue weighted by Crippen LogP contribution is 2.63. The molecule has 0 heterocycles. The van der Waals surface area contributed by atoms with Crippen LogP contribution in [0.5, 0.6) is 0 Å². The SMILES string of the molecule is CC(CNC(=O)C12CC(NC(=O)OCC3c4ccccc4-c4ccccc43)CC1C2)CC(=O)O. The number of carbonyl (C=O) groups is 3. The van der Waals surface area contributed by atoms with Gasteiger partial charge in [-0.25, -0.2) is 4.79 Å². The number of carboxylic acid groups (broad SMARTS) is 1. The van der Waals surface area contributed by atoms with E-state index in [1.165, 1.54) is 22.3 Å². The molecule has 178 valence electrons. The normalized spacial score (nSPS) is 25.0. The Kier molecular flexibility index (Phi) is 5.80. The first-order valence-electron chi connectivity index (χ1n) is 12.0. The number of amides is 2. The molecule has 7 heteroatoms. The Hall–Kier alpha value is -3.35. The van der Waals surface area contributed by atoms with Crippen molar-refractivity contribution in [1.82, 2.24) is 10.6 Å². The smallest absolute Gasteiger partial charge is 0.407 e. The molecule has 3 aliphatic rings. The van der Waals surface area contributed by atoms with Gasteiger partial charge in [0.1, 0.15) is 6.61 Å². The van der Waals surface area contributed by atoms with E-state index >= 15 is 0 Å². The summed E-state index contributed by atoms with van der Waals surface area (Å²) in [6.45, 7) is 2.43. The molecule has 2 saturated carbocycles. The Morgan fingerprint density at radius 1 is 1.06 bits per heavy atom. The lowest BCUT2D eigenvalue weighted by molar-refractivity contribution is -0.138. The van der Waals surface area contributed by atoms with Gasteiger partial charge in [-0.1, -0.05) is 55.5 Å². The standard InChI is InChI=1S/C27H30N2O5/c1-16(10-24(30)31)14-28-25(32)27-12-17(27)11-18(13-27)29-26(33)34-15-23-21-8-4-2-6-19(21)20-7-3-5-9-22(20)23/h2-9,16-18,23H,10-15H2,1H3,(H,28,32)(H,29,33)(H,30,31). The van der Waals surface area contributed by atoms with Gasteiger partial charge >= 0.3 is 12.1 Å². The number of alkyl carbamates (subject to hydrolysis) is 1. The van der Waals surface area contributed by atoms with Crippen molar-refractivity contribution in [3.05, 3.63) is 59.7 Å². The average Bonchev–Trinajstić information content (AvgIpc) is 3.24. The molecule has 0 radical (unpaired) electrons. The summed E-state index contributed by atoms with van der Waals surface area (Å²) in [4.78, 5) is 36.2. The second-order valence-electron chi connectivity index (χ2n) is 10.1. The van der Waals surface area contributed by atoms with E-state index < -0.39 is 17.5 Å². The molecule has 0 saturated heterocycles. The minimum Gasteiger partial charge on any atom is -0.481 e. The molecular weight excluding hydrogens is 432 g/mol.